The molecule has 0 bridgehead atoms. The fourth-order valence-electron chi connectivity index (χ4n) is 5.11. The molecule has 3 aliphatic rings. The van der Waals surface area contributed by atoms with Crippen LogP contribution in [-0.4, -0.2) is 56.9 Å². The number of aryl methyl sites for hydroxylation is 2. The Balaban J connectivity index is 1.28. The third kappa shape index (κ3) is 3.43. The lowest BCUT2D eigenvalue weighted by Crippen LogP contribution is -2.58. The average Bonchev–Trinajstić information content (AvgIpc) is 3.09. The van der Waals surface area contributed by atoms with E-state index in [9.17, 15) is 0 Å². The molecule has 8 nitrogen and oxygen atoms in total. The fourth-order valence-corrected chi connectivity index (χ4v) is 5.11. The van der Waals surface area contributed by atoms with Crippen molar-refractivity contribution in [2.45, 2.75) is 38.3 Å². The van der Waals surface area contributed by atoms with Crippen molar-refractivity contribution in [2.24, 2.45) is 7.05 Å². The van der Waals surface area contributed by atoms with Gasteiger partial charge in [-0.1, -0.05) is 0 Å². The standard InChI is InChI=1S/C24H29N7O/c1-15-23-22(9-21(28-15)16-4-7-31(8-5-16)18-11-25-12-18)29-24-20(14-32-23)19(3-6-26-24)17-10-27-30(2)13-17/h3,6,9-10,13,16,18,25H,4-5,7-8,11-12,14H2,1-2H3,(H,26,29). The highest BCUT2D eigenvalue weighted by Crippen LogP contribution is 2.40. The first kappa shape index (κ1) is 19.7. The SMILES string of the molecule is Cc1nc(C2CCN(C3CNC3)CC2)cc2c1OCc1c(-c3cnn(C)c3)ccnc1N2. The van der Waals surface area contributed by atoms with Gasteiger partial charge in [-0.2, -0.15) is 5.10 Å². The van der Waals surface area contributed by atoms with Crippen molar-refractivity contribution in [1.82, 2.24) is 30.0 Å². The summed E-state index contributed by atoms with van der Waals surface area (Å²) in [6, 6.07) is 4.93. The predicted molar refractivity (Wildman–Crippen MR) is 123 cm³/mol. The molecule has 3 aliphatic heterocycles. The van der Waals surface area contributed by atoms with Crippen LogP contribution in [0.4, 0.5) is 11.5 Å². The first-order valence-electron chi connectivity index (χ1n) is 11.5. The minimum absolute atomic E-state index is 0.448. The van der Waals surface area contributed by atoms with Gasteiger partial charge < -0.3 is 15.4 Å². The normalized spacial score (nSPS) is 19.3. The first-order chi connectivity index (χ1) is 15.7. The van der Waals surface area contributed by atoms with Gasteiger partial charge in [0.2, 0.25) is 0 Å². The molecule has 166 valence electrons. The summed E-state index contributed by atoms with van der Waals surface area (Å²) >= 11 is 0. The van der Waals surface area contributed by atoms with Gasteiger partial charge in [0.05, 0.1) is 17.6 Å². The molecule has 2 N–H and O–H groups in total. The highest BCUT2D eigenvalue weighted by molar-refractivity contribution is 5.76. The molecule has 32 heavy (non-hydrogen) atoms. The minimum atomic E-state index is 0.448. The maximum Gasteiger partial charge on any atom is 0.164 e. The van der Waals surface area contributed by atoms with Gasteiger partial charge in [-0.25, -0.2) is 4.98 Å². The second kappa shape index (κ2) is 7.86. The van der Waals surface area contributed by atoms with Crippen LogP contribution in [0.1, 0.15) is 35.7 Å². The Morgan fingerprint density at radius 2 is 2.03 bits per heavy atom. The number of ether oxygens (including phenoxy) is 1. The van der Waals surface area contributed by atoms with Crippen LogP contribution in [0, 0.1) is 6.92 Å². The van der Waals surface area contributed by atoms with Crippen LogP contribution >= 0.6 is 0 Å². The van der Waals surface area contributed by atoms with Crippen molar-refractivity contribution in [3.63, 3.8) is 0 Å². The van der Waals surface area contributed by atoms with Crippen molar-refractivity contribution >= 4 is 11.5 Å². The highest BCUT2D eigenvalue weighted by atomic mass is 16.5. The number of nitrogens with one attached hydrogen (secondary N) is 2. The summed E-state index contributed by atoms with van der Waals surface area (Å²) in [6.07, 6.45) is 8.06. The molecular formula is C24H29N7O. The van der Waals surface area contributed by atoms with E-state index in [0.29, 0.717) is 12.5 Å². The lowest BCUT2D eigenvalue weighted by molar-refractivity contribution is 0.112. The first-order valence-corrected chi connectivity index (χ1v) is 11.5. The Hall–Kier alpha value is -2.97. The van der Waals surface area contributed by atoms with Crippen LogP contribution in [0.3, 0.4) is 0 Å². The smallest absolute Gasteiger partial charge is 0.164 e. The minimum Gasteiger partial charge on any atom is -0.485 e. The molecular weight excluding hydrogens is 402 g/mol. The molecule has 2 fully saturated rings. The number of hydrogen-bond acceptors (Lipinski definition) is 7. The second-order valence-electron chi connectivity index (χ2n) is 9.13. The van der Waals surface area contributed by atoms with Crippen LogP contribution < -0.4 is 15.4 Å². The number of likely N-dealkylation sites (tertiary alicyclic amines) is 1. The molecule has 0 aliphatic carbocycles. The number of aromatic nitrogens is 4. The van der Waals surface area contributed by atoms with E-state index in [1.54, 1.807) is 0 Å². The Morgan fingerprint density at radius 1 is 1.19 bits per heavy atom. The van der Waals surface area contributed by atoms with Crippen molar-refractivity contribution in [2.75, 3.05) is 31.5 Å². The molecule has 2 saturated heterocycles. The van der Waals surface area contributed by atoms with Gasteiger partial charge in [-0.15, -0.1) is 0 Å². The second-order valence-corrected chi connectivity index (χ2v) is 9.13. The Morgan fingerprint density at radius 3 is 2.75 bits per heavy atom. The van der Waals surface area contributed by atoms with Gasteiger partial charge in [-0.05, 0) is 50.6 Å². The van der Waals surface area contributed by atoms with Crippen LogP contribution in [0.2, 0.25) is 0 Å². The van der Waals surface area contributed by atoms with E-state index in [4.69, 9.17) is 9.72 Å². The van der Waals surface area contributed by atoms with E-state index in [-0.39, 0.29) is 0 Å². The summed E-state index contributed by atoms with van der Waals surface area (Å²) < 4.78 is 8.09. The number of anilines is 2. The number of rotatable bonds is 3. The van der Waals surface area contributed by atoms with Crippen LogP contribution in [-0.2, 0) is 13.7 Å². The molecule has 0 unspecified atom stereocenters. The lowest BCUT2D eigenvalue weighted by atomic mass is 9.91. The zero-order valence-electron chi connectivity index (χ0n) is 18.6. The van der Waals surface area contributed by atoms with E-state index in [0.717, 1.165) is 90.4 Å². The average molecular weight is 432 g/mol. The van der Waals surface area contributed by atoms with Crippen molar-refractivity contribution in [3.8, 4) is 16.9 Å². The van der Waals surface area contributed by atoms with Crippen molar-refractivity contribution in [1.29, 1.82) is 0 Å². The van der Waals surface area contributed by atoms with Crippen LogP contribution in [0.15, 0.2) is 30.7 Å². The van der Waals surface area contributed by atoms with E-state index in [1.807, 2.05) is 43.3 Å². The van der Waals surface area contributed by atoms with Gasteiger partial charge in [-0.3, -0.25) is 14.6 Å². The summed E-state index contributed by atoms with van der Waals surface area (Å²) in [7, 11) is 1.93. The molecule has 0 radical (unpaired) electrons. The number of hydrogen-bond donors (Lipinski definition) is 2. The van der Waals surface area contributed by atoms with Gasteiger partial charge in [0.25, 0.3) is 0 Å². The number of piperidine rings is 1. The maximum atomic E-state index is 6.28. The molecule has 0 atom stereocenters. The predicted octanol–water partition coefficient (Wildman–Crippen LogP) is 2.97. The number of nitrogens with zero attached hydrogens (tertiary/aromatic N) is 5. The topological polar surface area (TPSA) is 80.1 Å². The lowest BCUT2D eigenvalue weighted by Gasteiger charge is -2.42. The molecule has 0 spiro atoms. The zero-order chi connectivity index (χ0) is 21.7. The van der Waals surface area contributed by atoms with Gasteiger partial charge in [0, 0.05) is 61.3 Å². The van der Waals surface area contributed by atoms with Gasteiger partial charge in [0.1, 0.15) is 12.4 Å². The molecule has 3 aromatic heterocycles. The Labute approximate surface area is 188 Å². The molecule has 8 heteroatoms. The van der Waals surface area contributed by atoms with Crippen LogP contribution in [0.25, 0.3) is 11.1 Å². The third-order valence-corrected chi connectivity index (χ3v) is 7.07. The molecule has 3 aromatic rings. The molecule has 6 rings (SSSR count). The Bertz CT molecular complexity index is 1150. The van der Waals surface area contributed by atoms with E-state index < -0.39 is 0 Å². The maximum absolute atomic E-state index is 6.28. The third-order valence-electron chi connectivity index (χ3n) is 7.07. The summed E-state index contributed by atoms with van der Waals surface area (Å²) in [6.45, 7) is 7.06. The van der Waals surface area contributed by atoms with Crippen LogP contribution in [0.5, 0.6) is 5.75 Å². The summed E-state index contributed by atoms with van der Waals surface area (Å²) in [5.74, 6) is 2.15. The Kier molecular flexibility index (Phi) is 4.84. The number of fused-ring (bicyclic) bond motifs is 2. The largest absolute Gasteiger partial charge is 0.485 e. The molecule has 6 heterocycles. The molecule has 0 saturated carbocycles. The monoisotopic (exact) mass is 431 g/mol. The molecule has 0 amide bonds. The van der Waals surface area contributed by atoms with E-state index >= 15 is 0 Å². The van der Waals surface area contributed by atoms with Gasteiger partial charge >= 0.3 is 0 Å². The molecule has 0 aromatic carbocycles. The summed E-state index contributed by atoms with van der Waals surface area (Å²) in [5.41, 5.74) is 6.26. The van der Waals surface area contributed by atoms with Crippen molar-refractivity contribution < 1.29 is 4.74 Å². The van der Waals surface area contributed by atoms with Crippen molar-refractivity contribution in [3.05, 3.63) is 47.7 Å². The fraction of sp³-hybridized carbons (Fsp3) is 0.458. The zero-order valence-corrected chi connectivity index (χ0v) is 18.6. The quantitative estimate of drug-likeness (QED) is 0.660. The summed E-state index contributed by atoms with van der Waals surface area (Å²) in [5, 5.41) is 11.3. The number of pyridine rings is 2. The van der Waals surface area contributed by atoms with Gasteiger partial charge in [0.15, 0.2) is 5.75 Å². The van der Waals surface area contributed by atoms with E-state index in [1.165, 1.54) is 0 Å². The summed E-state index contributed by atoms with van der Waals surface area (Å²) in [4.78, 5) is 12.2. The highest BCUT2D eigenvalue weighted by Gasteiger charge is 2.30. The van der Waals surface area contributed by atoms with E-state index in [2.05, 4.69) is 31.7 Å².